The lowest BCUT2D eigenvalue weighted by Crippen LogP contribution is -2.14. The van der Waals surface area contributed by atoms with E-state index in [1.165, 1.54) is 11.8 Å². The number of hydrogen-bond acceptors (Lipinski definition) is 4. The minimum atomic E-state index is -0.113. The van der Waals surface area contributed by atoms with Crippen LogP contribution in [0.3, 0.4) is 0 Å². The molecule has 134 valence electrons. The van der Waals surface area contributed by atoms with Gasteiger partial charge < -0.3 is 10.1 Å². The fraction of sp³-hybridized carbons (Fsp3) is 0.200. The number of rotatable bonds is 6. The zero-order valence-electron chi connectivity index (χ0n) is 14.6. The van der Waals surface area contributed by atoms with Gasteiger partial charge in [0.25, 0.3) is 0 Å². The van der Waals surface area contributed by atoms with Crippen LogP contribution in [-0.2, 0) is 11.2 Å². The zero-order chi connectivity index (χ0) is 18.5. The molecule has 0 atom stereocenters. The van der Waals surface area contributed by atoms with E-state index in [4.69, 9.17) is 21.3 Å². The minimum Gasteiger partial charge on any atom is -0.497 e. The first-order valence-corrected chi connectivity index (χ1v) is 9.62. The van der Waals surface area contributed by atoms with E-state index in [0.717, 1.165) is 33.7 Å². The molecule has 0 aliphatic heterocycles. The summed E-state index contributed by atoms with van der Waals surface area (Å²) in [6.07, 6.45) is 0.851. The summed E-state index contributed by atoms with van der Waals surface area (Å²) >= 11 is 7.51. The number of carbonyl (C=O) groups is 1. The Morgan fingerprint density at radius 3 is 2.77 bits per heavy atom. The van der Waals surface area contributed by atoms with E-state index < -0.39 is 0 Å². The highest BCUT2D eigenvalue weighted by molar-refractivity contribution is 8.00. The molecule has 26 heavy (non-hydrogen) atoms. The molecule has 1 heterocycles. The first-order valence-electron chi connectivity index (χ1n) is 8.25. The van der Waals surface area contributed by atoms with Crippen LogP contribution < -0.4 is 10.1 Å². The number of hydrogen-bond donors (Lipinski definition) is 1. The number of anilines is 1. The summed E-state index contributed by atoms with van der Waals surface area (Å²) in [5.41, 5.74) is 2.60. The summed E-state index contributed by atoms with van der Waals surface area (Å²) in [7, 11) is 1.64. The predicted molar refractivity (Wildman–Crippen MR) is 108 cm³/mol. The average Bonchev–Trinajstić information content (AvgIpc) is 2.66. The van der Waals surface area contributed by atoms with E-state index in [1.54, 1.807) is 19.2 Å². The second kappa shape index (κ2) is 8.43. The third-order valence-corrected chi connectivity index (χ3v) is 5.30. The smallest absolute Gasteiger partial charge is 0.234 e. The molecule has 6 heteroatoms. The normalized spacial score (nSPS) is 10.7. The molecule has 0 aliphatic rings. The van der Waals surface area contributed by atoms with Crippen molar-refractivity contribution in [3.05, 3.63) is 59.1 Å². The van der Waals surface area contributed by atoms with E-state index in [1.807, 2.05) is 30.3 Å². The van der Waals surface area contributed by atoms with Gasteiger partial charge in [0.15, 0.2) is 0 Å². The molecule has 0 saturated carbocycles. The van der Waals surface area contributed by atoms with E-state index in [-0.39, 0.29) is 11.7 Å². The number of amides is 1. The number of thioether (sulfide) groups is 1. The van der Waals surface area contributed by atoms with Gasteiger partial charge in [0, 0.05) is 11.5 Å². The van der Waals surface area contributed by atoms with Crippen LogP contribution in [0.15, 0.2) is 53.6 Å². The summed E-state index contributed by atoms with van der Waals surface area (Å²) in [5, 5.41) is 5.28. The number of aromatic nitrogens is 1. The lowest BCUT2D eigenvalue weighted by Gasteiger charge is -2.10. The van der Waals surface area contributed by atoms with E-state index in [9.17, 15) is 4.79 Å². The summed E-state index contributed by atoms with van der Waals surface area (Å²) in [6.45, 7) is 2.08. The maximum absolute atomic E-state index is 12.3. The lowest BCUT2D eigenvalue weighted by atomic mass is 10.1. The molecule has 4 nitrogen and oxygen atoms in total. The monoisotopic (exact) mass is 386 g/mol. The van der Waals surface area contributed by atoms with Gasteiger partial charge in [-0.2, -0.15) is 0 Å². The van der Waals surface area contributed by atoms with Gasteiger partial charge in [-0.25, -0.2) is 4.98 Å². The van der Waals surface area contributed by atoms with Crippen molar-refractivity contribution < 1.29 is 9.53 Å². The number of para-hydroxylation sites is 1. The molecule has 0 fully saturated rings. The standard InChI is InChI=1S/C20H19ClN2O2S/c1-3-13-10-14-8-9-15(25-2)11-18(14)23-20(13)26-12-19(24)22-17-7-5-4-6-16(17)21/h4-11H,3,12H2,1-2H3,(H,22,24). The summed E-state index contributed by atoms with van der Waals surface area (Å²) in [5.74, 6) is 0.917. The molecule has 1 amide bonds. The molecule has 3 rings (SSSR count). The molecule has 0 saturated heterocycles. The van der Waals surface area contributed by atoms with Crippen LogP contribution in [0.1, 0.15) is 12.5 Å². The van der Waals surface area contributed by atoms with Gasteiger partial charge in [0.2, 0.25) is 5.91 Å². The highest BCUT2D eigenvalue weighted by atomic mass is 35.5. The van der Waals surface area contributed by atoms with Crippen molar-refractivity contribution in [2.75, 3.05) is 18.2 Å². The fourth-order valence-corrected chi connectivity index (χ4v) is 3.64. The summed E-state index contributed by atoms with van der Waals surface area (Å²) in [4.78, 5) is 17.0. The molecule has 2 aromatic carbocycles. The van der Waals surface area contributed by atoms with Crippen molar-refractivity contribution >= 4 is 45.9 Å². The maximum Gasteiger partial charge on any atom is 0.234 e. The van der Waals surface area contributed by atoms with Crippen LogP contribution in [0.4, 0.5) is 5.69 Å². The van der Waals surface area contributed by atoms with Crippen molar-refractivity contribution in [2.45, 2.75) is 18.4 Å². The SMILES string of the molecule is CCc1cc2ccc(OC)cc2nc1SCC(=O)Nc1ccccc1Cl. The quantitative estimate of drug-likeness (QED) is 0.592. The highest BCUT2D eigenvalue weighted by Gasteiger charge is 2.11. The van der Waals surface area contributed by atoms with Gasteiger partial charge in [-0.3, -0.25) is 4.79 Å². The molecule has 1 N–H and O–H groups in total. The van der Waals surface area contributed by atoms with E-state index >= 15 is 0 Å². The molecule has 0 bridgehead atoms. The molecule has 0 spiro atoms. The van der Waals surface area contributed by atoms with Gasteiger partial charge in [0.1, 0.15) is 10.8 Å². The van der Waals surface area contributed by atoms with Gasteiger partial charge in [-0.05, 0) is 42.3 Å². The van der Waals surface area contributed by atoms with Crippen LogP contribution in [0.25, 0.3) is 10.9 Å². The Labute approximate surface area is 161 Å². The van der Waals surface area contributed by atoms with Crippen molar-refractivity contribution in [2.24, 2.45) is 0 Å². The second-order valence-electron chi connectivity index (χ2n) is 5.68. The number of aryl methyl sites for hydroxylation is 1. The Morgan fingerprint density at radius 2 is 2.04 bits per heavy atom. The fourth-order valence-electron chi connectivity index (χ4n) is 2.56. The number of carbonyl (C=O) groups excluding carboxylic acids is 1. The predicted octanol–water partition coefficient (Wildman–Crippen LogP) is 5.19. The number of methoxy groups -OCH3 is 1. The van der Waals surface area contributed by atoms with Crippen LogP contribution >= 0.6 is 23.4 Å². The first kappa shape index (κ1) is 18.5. The Balaban J connectivity index is 1.76. The third-order valence-electron chi connectivity index (χ3n) is 3.93. The number of fused-ring (bicyclic) bond motifs is 1. The van der Waals surface area contributed by atoms with Gasteiger partial charge in [-0.15, -0.1) is 0 Å². The largest absolute Gasteiger partial charge is 0.497 e. The Hall–Kier alpha value is -2.24. The summed E-state index contributed by atoms with van der Waals surface area (Å²) < 4.78 is 5.27. The van der Waals surface area contributed by atoms with Crippen LogP contribution in [0.5, 0.6) is 5.75 Å². The van der Waals surface area contributed by atoms with Gasteiger partial charge in [0.05, 0.1) is 29.1 Å². The number of benzene rings is 2. The van der Waals surface area contributed by atoms with Gasteiger partial charge >= 0.3 is 0 Å². The minimum absolute atomic E-state index is 0.113. The van der Waals surface area contributed by atoms with Crippen molar-refractivity contribution in [3.8, 4) is 5.75 Å². The highest BCUT2D eigenvalue weighted by Crippen LogP contribution is 2.28. The van der Waals surface area contributed by atoms with E-state index in [0.29, 0.717) is 10.7 Å². The van der Waals surface area contributed by atoms with Gasteiger partial charge in [-0.1, -0.05) is 42.4 Å². The number of nitrogens with zero attached hydrogens (tertiary/aromatic N) is 1. The van der Waals surface area contributed by atoms with Crippen molar-refractivity contribution in [3.63, 3.8) is 0 Å². The topological polar surface area (TPSA) is 51.2 Å². The molecule has 0 aliphatic carbocycles. The number of halogens is 1. The molecule has 0 radical (unpaired) electrons. The molecule has 3 aromatic rings. The second-order valence-corrected chi connectivity index (χ2v) is 7.05. The van der Waals surface area contributed by atoms with Crippen molar-refractivity contribution in [1.82, 2.24) is 4.98 Å². The van der Waals surface area contributed by atoms with Crippen LogP contribution in [0, 0.1) is 0 Å². The van der Waals surface area contributed by atoms with Crippen LogP contribution in [-0.4, -0.2) is 23.8 Å². The summed E-state index contributed by atoms with van der Waals surface area (Å²) in [6, 6.07) is 15.1. The van der Waals surface area contributed by atoms with Crippen LogP contribution in [0.2, 0.25) is 5.02 Å². The van der Waals surface area contributed by atoms with Crippen molar-refractivity contribution in [1.29, 1.82) is 0 Å². The maximum atomic E-state index is 12.3. The molecule has 1 aromatic heterocycles. The Kier molecular flexibility index (Phi) is 6.01. The number of ether oxygens (including phenoxy) is 1. The van der Waals surface area contributed by atoms with E-state index in [2.05, 4.69) is 18.3 Å². The number of pyridine rings is 1. The first-order chi connectivity index (χ1) is 12.6. The molecular weight excluding hydrogens is 368 g/mol. The Morgan fingerprint density at radius 1 is 1.23 bits per heavy atom. The molecular formula is C20H19ClN2O2S. The number of nitrogens with one attached hydrogen (secondary N) is 1. The lowest BCUT2D eigenvalue weighted by molar-refractivity contribution is -0.113. The third kappa shape index (κ3) is 4.29. The average molecular weight is 387 g/mol. The zero-order valence-corrected chi connectivity index (χ0v) is 16.2. The Bertz CT molecular complexity index is 946. The molecule has 0 unspecified atom stereocenters.